The Morgan fingerprint density at radius 2 is 0.886 bits per heavy atom. The molecule has 6 atom stereocenters. The van der Waals surface area contributed by atoms with E-state index in [0.717, 1.165) is 57.5 Å². The third-order valence-electron chi connectivity index (χ3n) is 10.7. The zero-order valence-electron chi connectivity index (χ0n) is 47.7. The second kappa shape index (κ2) is 69.7. The number of aliphatic hydroxyl groups excluding tert-OH is 6. The summed E-state index contributed by atoms with van der Waals surface area (Å²) < 4.78 is 32.1. The molecule has 0 bridgehead atoms. The van der Waals surface area contributed by atoms with Crippen molar-refractivity contribution in [3.8, 4) is 5.75 Å². The summed E-state index contributed by atoms with van der Waals surface area (Å²) in [6.07, 6.45) is 28.0. The first kappa shape index (κ1) is 77.5. The van der Waals surface area contributed by atoms with Gasteiger partial charge >= 0.3 is 0 Å². The number of aliphatic hydroxyl groups is 6. The van der Waals surface area contributed by atoms with Crippen molar-refractivity contribution in [1.82, 2.24) is 0 Å². The molecule has 12 heteroatoms. The predicted octanol–water partition coefficient (Wildman–Crippen LogP) is 12.7. The number of benzene rings is 1. The number of unbranched alkanes of at least 4 members (excludes halogenated alkanes) is 15. The van der Waals surface area contributed by atoms with E-state index in [1.54, 1.807) is 6.92 Å². The molecule has 0 fully saturated rings. The van der Waals surface area contributed by atoms with Crippen LogP contribution in [0.1, 0.15) is 224 Å². The molecule has 0 amide bonds. The molecule has 0 spiro atoms. The third-order valence-corrected chi connectivity index (χ3v) is 10.7. The Kier molecular flexibility index (Phi) is 77.1. The first-order valence-electron chi connectivity index (χ1n) is 28.3. The Labute approximate surface area is 433 Å². The van der Waals surface area contributed by atoms with Gasteiger partial charge in [-0.2, -0.15) is 0 Å². The summed E-state index contributed by atoms with van der Waals surface area (Å²) in [6, 6.07) is 9.45. The molecule has 1 aromatic rings. The highest BCUT2D eigenvalue weighted by Gasteiger charge is 2.09. The van der Waals surface area contributed by atoms with Crippen molar-refractivity contribution in [2.45, 2.75) is 254 Å². The first-order valence-corrected chi connectivity index (χ1v) is 28.3. The van der Waals surface area contributed by atoms with Gasteiger partial charge in [0.2, 0.25) is 0 Å². The van der Waals surface area contributed by atoms with Crippen LogP contribution in [0.4, 0.5) is 0 Å². The highest BCUT2D eigenvalue weighted by atomic mass is 16.6. The highest BCUT2D eigenvalue weighted by molar-refractivity contribution is 5.20. The smallest absolute Gasteiger partial charge is 0.119 e. The average molecular weight is 1010 g/mol. The maximum atomic E-state index is 8.89. The molecule has 6 N–H and O–H groups in total. The fraction of sp³-hybridized carbons (Fsp3) is 0.897. The molecule has 6 unspecified atom stereocenters. The van der Waals surface area contributed by atoms with Gasteiger partial charge in [0.25, 0.3) is 0 Å². The number of para-hydroxylation sites is 1. The lowest BCUT2D eigenvalue weighted by molar-refractivity contribution is -0.0745. The van der Waals surface area contributed by atoms with Gasteiger partial charge in [0.05, 0.1) is 76.8 Å². The standard InChI is InChI=1S/C13H28O4.C10H22O3.C10H22O.C9H12O2.2C8H18O/c1-5-6-7-15-12(3)9-17-13(4)10-16-11(2)8-14;1-2-3-4-5-7-12-9-10-13-8-6-11;1-2-3-4-5-6-7-8-9-10-11;1-8(10)7-11-9-5-3-2-4-6-9;1-3-4-5-6-7-8(2)9;1-3-5-6-8(4-2)7-9/h11-14H,5-10H2,1-4H3;11H,2-10H2,1H3;11H,2-10H2,1H3;2-6,8,10H,7H2,1H3;2*8-9H,3-7H2,1-2H3. The number of ether oxygens (including phenoxy) is 6. The van der Waals surface area contributed by atoms with Gasteiger partial charge in [0.15, 0.2) is 0 Å². The van der Waals surface area contributed by atoms with E-state index in [9.17, 15) is 0 Å². The Morgan fingerprint density at radius 1 is 0.400 bits per heavy atom. The average Bonchev–Trinajstić information content (AvgIpc) is 3.36. The van der Waals surface area contributed by atoms with E-state index in [0.29, 0.717) is 58.8 Å². The largest absolute Gasteiger partial charge is 0.491 e. The van der Waals surface area contributed by atoms with Gasteiger partial charge in [-0.25, -0.2) is 0 Å². The quantitative estimate of drug-likeness (QED) is 0.0342. The topological polar surface area (TPSA) is 177 Å². The molecule has 424 valence electrons. The molecule has 0 aliphatic rings. The fourth-order valence-corrected chi connectivity index (χ4v) is 5.96. The third kappa shape index (κ3) is 78.0. The van der Waals surface area contributed by atoms with Gasteiger partial charge in [0.1, 0.15) is 12.4 Å². The van der Waals surface area contributed by atoms with Crippen LogP contribution in [0.25, 0.3) is 0 Å². The summed E-state index contributed by atoms with van der Waals surface area (Å²) in [6.45, 7) is 28.1. The van der Waals surface area contributed by atoms with Crippen molar-refractivity contribution < 1.29 is 59.1 Å². The summed E-state index contributed by atoms with van der Waals surface area (Å²) in [5.74, 6) is 1.36. The second-order valence-corrected chi connectivity index (χ2v) is 18.5. The van der Waals surface area contributed by atoms with E-state index in [1.807, 2.05) is 58.0 Å². The monoisotopic (exact) mass is 1010 g/mol. The zero-order chi connectivity index (χ0) is 53.6. The molecule has 12 nitrogen and oxygen atoms in total. The first-order chi connectivity index (χ1) is 33.8. The molecule has 1 aromatic carbocycles. The van der Waals surface area contributed by atoms with Crippen LogP contribution in [0.2, 0.25) is 0 Å². The van der Waals surface area contributed by atoms with Gasteiger partial charge in [0, 0.05) is 26.4 Å². The van der Waals surface area contributed by atoms with Crippen molar-refractivity contribution >= 4 is 0 Å². The van der Waals surface area contributed by atoms with Gasteiger partial charge in [-0.1, -0.05) is 175 Å². The van der Waals surface area contributed by atoms with E-state index < -0.39 is 6.10 Å². The Morgan fingerprint density at radius 3 is 1.36 bits per heavy atom. The fourth-order valence-electron chi connectivity index (χ4n) is 5.96. The number of rotatable bonds is 42. The summed E-state index contributed by atoms with van der Waals surface area (Å²) in [7, 11) is 0. The molecule has 0 saturated carbocycles. The molecule has 0 aliphatic carbocycles. The van der Waals surface area contributed by atoms with E-state index in [2.05, 4.69) is 41.5 Å². The van der Waals surface area contributed by atoms with E-state index in [4.69, 9.17) is 59.1 Å². The van der Waals surface area contributed by atoms with Gasteiger partial charge in [-0.05, 0) is 84.8 Å². The highest BCUT2D eigenvalue weighted by Crippen LogP contribution is 2.11. The molecule has 0 aromatic heterocycles. The number of hydrogen-bond acceptors (Lipinski definition) is 12. The van der Waals surface area contributed by atoms with Crippen LogP contribution in [0.3, 0.4) is 0 Å². The van der Waals surface area contributed by atoms with Crippen LogP contribution in [-0.4, -0.2) is 140 Å². The summed E-state index contributed by atoms with van der Waals surface area (Å²) in [5, 5.41) is 52.2. The number of hydrogen-bond donors (Lipinski definition) is 6. The Bertz CT molecular complexity index is 968. The van der Waals surface area contributed by atoms with Crippen LogP contribution >= 0.6 is 0 Å². The van der Waals surface area contributed by atoms with Gasteiger partial charge in [-0.3, -0.25) is 0 Å². The van der Waals surface area contributed by atoms with E-state index >= 15 is 0 Å². The lowest BCUT2D eigenvalue weighted by atomic mass is 10.0. The van der Waals surface area contributed by atoms with Crippen LogP contribution in [-0.2, 0) is 23.7 Å². The van der Waals surface area contributed by atoms with E-state index in [1.165, 1.54) is 109 Å². The minimum absolute atomic E-state index is 0.0289. The van der Waals surface area contributed by atoms with Crippen LogP contribution < -0.4 is 4.74 Å². The molecular weight excluding hydrogens is 889 g/mol. The Hall–Kier alpha value is -1.42. The molecule has 0 radical (unpaired) electrons. The predicted molar refractivity (Wildman–Crippen MR) is 295 cm³/mol. The minimum Gasteiger partial charge on any atom is -0.491 e. The van der Waals surface area contributed by atoms with Crippen LogP contribution in [0.5, 0.6) is 5.75 Å². The molecule has 0 aliphatic heterocycles. The van der Waals surface area contributed by atoms with Crippen molar-refractivity contribution in [2.24, 2.45) is 5.92 Å². The molecular formula is C58H120O12. The maximum Gasteiger partial charge on any atom is 0.119 e. The normalized spacial score (nSPS) is 13.2. The van der Waals surface area contributed by atoms with Gasteiger partial charge < -0.3 is 59.1 Å². The van der Waals surface area contributed by atoms with Crippen LogP contribution in [0.15, 0.2) is 30.3 Å². The Balaban J connectivity index is -0.000000245. The van der Waals surface area contributed by atoms with Crippen molar-refractivity contribution in [2.75, 3.05) is 79.3 Å². The van der Waals surface area contributed by atoms with Crippen molar-refractivity contribution in [1.29, 1.82) is 0 Å². The molecule has 70 heavy (non-hydrogen) atoms. The molecule has 0 saturated heterocycles. The summed E-state index contributed by atoms with van der Waals surface area (Å²) in [5.41, 5.74) is 0. The molecule has 1 rings (SSSR count). The lowest BCUT2D eigenvalue weighted by Crippen LogP contribution is -2.26. The van der Waals surface area contributed by atoms with Gasteiger partial charge in [-0.15, -0.1) is 0 Å². The SMILES string of the molecule is CC(O)COc1ccccc1.CCCCC(CC)CO.CCCCCCC(C)O.CCCCCCCCCCO.CCCCCCOCCOCCO.CCCCOC(C)COC(C)COC(C)CO. The second-order valence-electron chi connectivity index (χ2n) is 18.5. The minimum atomic E-state index is -0.407. The lowest BCUT2D eigenvalue weighted by Gasteiger charge is -2.19. The summed E-state index contributed by atoms with van der Waals surface area (Å²) >= 11 is 0. The summed E-state index contributed by atoms with van der Waals surface area (Å²) in [4.78, 5) is 0. The van der Waals surface area contributed by atoms with E-state index in [-0.39, 0.29) is 37.6 Å². The maximum absolute atomic E-state index is 8.89. The van der Waals surface area contributed by atoms with Crippen molar-refractivity contribution in [3.63, 3.8) is 0 Å². The van der Waals surface area contributed by atoms with Crippen molar-refractivity contribution in [3.05, 3.63) is 30.3 Å². The molecule has 0 heterocycles. The zero-order valence-corrected chi connectivity index (χ0v) is 47.7. The van der Waals surface area contributed by atoms with Crippen LogP contribution in [0, 0.1) is 5.92 Å².